The molecule has 2 heteroatoms. The van der Waals surface area contributed by atoms with Crippen LogP contribution in [0.5, 0.6) is 0 Å². The van der Waals surface area contributed by atoms with E-state index in [1.165, 1.54) is 0 Å². The van der Waals surface area contributed by atoms with Crippen LogP contribution in [0.2, 0.25) is 0 Å². The van der Waals surface area contributed by atoms with Gasteiger partial charge in [-0.1, -0.05) is 0 Å². The van der Waals surface area contributed by atoms with Crippen LogP contribution in [0.3, 0.4) is 0 Å². The zero-order chi connectivity index (χ0) is 7.41. The summed E-state index contributed by atoms with van der Waals surface area (Å²) >= 11 is 0. The van der Waals surface area contributed by atoms with Gasteiger partial charge in [0, 0.05) is 6.42 Å². The van der Waals surface area contributed by atoms with Crippen molar-refractivity contribution in [2.24, 2.45) is 0 Å². The van der Waals surface area contributed by atoms with Crippen molar-refractivity contribution in [1.82, 2.24) is 0 Å². The number of aliphatic hydroxyl groups excluding tert-OH is 1. The van der Waals surface area contributed by atoms with Gasteiger partial charge in [0.1, 0.15) is 0 Å². The second-order valence-electron chi connectivity index (χ2n) is 4.08. The van der Waals surface area contributed by atoms with Crippen molar-refractivity contribution < 1.29 is 9.84 Å². The fraction of sp³-hybridized carbons (Fsp3) is 1.00. The first-order chi connectivity index (χ1) is 4.54. The Bertz CT molecular complexity index is 169. The molecule has 1 N–H and O–H groups in total. The van der Waals surface area contributed by atoms with Gasteiger partial charge in [-0.05, 0) is 26.7 Å². The molecule has 2 aliphatic heterocycles. The van der Waals surface area contributed by atoms with Gasteiger partial charge >= 0.3 is 0 Å². The SMILES string of the molecule is CC12CCC(C)(O1)C(O)C2. The molecule has 2 nitrogen and oxygen atoms in total. The summed E-state index contributed by atoms with van der Waals surface area (Å²) in [5.74, 6) is 0. The molecular formula is C8H14O2. The maximum absolute atomic E-state index is 9.52. The molecule has 0 amide bonds. The van der Waals surface area contributed by atoms with Gasteiger partial charge in [0.25, 0.3) is 0 Å². The van der Waals surface area contributed by atoms with E-state index in [9.17, 15) is 5.11 Å². The smallest absolute Gasteiger partial charge is 0.0921 e. The van der Waals surface area contributed by atoms with Gasteiger partial charge in [-0.2, -0.15) is 0 Å². The Morgan fingerprint density at radius 1 is 1.40 bits per heavy atom. The van der Waals surface area contributed by atoms with E-state index in [4.69, 9.17) is 4.74 Å². The third kappa shape index (κ3) is 0.663. The van der Waals surface area contributed by atoms with E-state index in [-0.39, 0.29) is 17.3 Å². The van der Waals surface area contributed by atoms with Gasteiger partial charge in [0.2, 0.25) is 0 Å². The maximum atomic E-state index is 9.52. The van der Waals surface area contributed by atoms with Crippen LogP contribution in [0.15, 0.2) is 0 Å². The first kappa shape index (κ1) is 6.62. The molecule has 0 aromatic heterocycles. The third-order valence-corrected chi connectivity index (χ3v) is 2.96. The van der Waals surface area contributed by atoms with Gasteiger partial charge < -0.3 is 9.84 Å². The van der Waals surface area contributed by atoms with Crippen LogP contribution in [0.1, 0.15) is 33.1 Å². The molecule has 0 saturated carbocycles. The van der Waals surface area contributed by atoms with Gasteiger partial charge in [0.15, 0.2) is 0 Å². The summed E-state index contributed by atoms with van der Waals surface area (Å²) in [5.41, 5.74) is -0.219. The monoisotopic (exact) mass is 142 g/mol. The van der Waals surface area contributed by atoms with Crippen molar-refractivity contribution in [3.8, 4) is 0 Å². The number of rotatable bonds is 0. The molecule has 0 aromatic rings. The van der Waals surface area contributed by atoms with Crippen molar-refractivity contribution in [2.75, 3.05) is 0 Å². The zero-order valence-electron chi connectivity index (χ0n) is 6.55. The maximum Gasteiger partial charge on any atom is 0.0921 e. The number of hydrogen-bond acceptors (Lipinski definition) is 2. The largest absolute Gasteiger partial charge is 0.390 e. The first-order valence-electron chi connectivity index (χ1n) is 3.92. The molecule has 2 bridgehead atoms. The highest BCUT2D eigenvalue weighted by Crippen LogP contribution is 2.50. The molecule has 2 saturated heterocycles. The second kappa shape index (κ2) is 1.56. The third-order valence-electron chi connectivity index (χ3n) is 2.96. The van der Waals surface area contributed by atoms with Crippen LogP contribution >= 0.6 is 0 Å². The summed E-state index contributed by atoms with van der Waals surface area (Å²) in [6.45, 7) is 4.10. The van der Waals surface area contributed by atoms with Gasteiger partial charge in [-0.25, -0.2) is 0 Å². The Morgan fingerprint density at radius 3 is 2.30 bits per heavy atom. The lowest BCUT2D eigenvalue weighted by atomic mass is 9.82. The lowest BCUT2D eigenvalue weighted by Gasteiger charge is -2.23. The Kier molecular flexibility index (Phi) is 1.03. The molecule has 3 atom stereocenters. The molecular weight excluding hydrogens is 128 g/mol. The molecule has 0 spiro atoms. The molecule has 3 unspecified atom stereocenters. The summed E-state index contributed by atoms with van der Waals surface area (Å²) in [6, 6.07) is 0. The Hall–Kier alpha value is -0.0800. The quantitative estimate of drug-likeness (QED) is 0.548. The summed E-state index contributed by atoms with van der Waals surface area (Å²) in [4.78, 5) is 0. The lowest BCUT2D eigenvalue weighted by molar-refractivity contribution is -0.0566. The average Bonchev–Trinajstić information content (AvgIpc) is 2.17. The number of fused-ring (bicyclic) bond motifs is 2. The standard InChI is InChI=1S/C8H14O2/c1-7-3-4-8(2,10-7)6(9)5-7/h6,9H,3-5H2,1-2H3. The molecule has 0 aromatic carbocycles. The summed E-state index contributed by atoms with van der Waals surface area (Å²) in [5, 5.41) is 9.52. The Balaban J connectivity index is 2.28. The van der Waals surface area contributed by atoms with Crippen LogP contribution in [0, 0.1) is 0 Å². The summed E-state index contributed by atoms with van der Waals surface area (Å²) < 4.78 is 5.71. The van der Waals surface area contributed by atoms with Crippen molar-refractivity contribution in [3.63, 3.8) is 0 Å². The molecule has 10 heavy (non-hydrogen) atoms. The van der Waals surface area contributed by atoms with Crippen molar-refractivity contribution >= 4 is 0 Å². The fourth-order valence-corrected chi connectivity index (χ4v) is 2.18. The van der Waals surface area contributed by atoms with Crippen LogP contribution in [0.4, 0.5) is 0 Å². The highest BCUT2D eigenvalue weighted by Gasteiger charge is 2.56. The van der Waals surface area contributed by atoms with E-state index in [1.54, 1.807) is 0 Å². The number of hydrogen-bond donors (Lipinski definition) is 1. The minimum Gasteiger partial charge on any atom is -0.390 e. The van der Waals surface area contributed by atoms with Crippen LogP contribution in [-0.2, 0) is 4.74 Å². The molecule has 0 radical (unpaired) electrons. The minimum atomic E-state index is -0.230. The van der Waals surface area contributed by atoms with Gasteiger partial charge in [-0.3, -0.25) is 0 Å². The summed E-state index contributed by atoms with van der Waals surface area (Å²) in [7, 11) is 0. The average molecular weight is 142 g/mol. The molecule has 58 valence electrons. The second-order valence-corrected chi connectivity index (χ2v) is 4.08. The molecule has 2 aliphatic rings. The van der Waals surface area contributed by atoms with Crippen LogP contribution in [0.25, 0.3) is 0 Å². The highest BCUT2D eigenvalue weighted by molar-refractivity contribution is 5.05. The van der Waals surface area contributed by atoms with Crippen LogP contribution in [-0.4, -0.2) is 22.4 Å². The fourth-order valence-electron chi connectivity index (χ4n) is 2.18. The summed E-state index contributed by atoms with van der Waals surface area (Å²) in [6.07, 6.45) is 2.72. The van der Waals surface area contributed by atoms with E-state index in [1.807, 2.05) is 6.92 Å². The highest BCUT2D eigenvalue weighted by atomic mass is 16.6. The minimum absolute atomic E-state index is 0.00579. The van der Waals surface area contributed by atoms with E-state index < -0.39 is 0 Å². The molecule has 0 aliphatic carbocycles. The normalized spacial score (nSPS) is 59.7. The van der Waals surface area contributed by atoms with Crippen LogP contribution < -0.4 is 0 Å². The van der Waals surface area contributed by atoms with E-state index in [0.29, 0.717) is 0 Å². The predicted octanol–water partition coefficient (Wildman–Crippen LogP) is 1.08. The molecule has 2 fully saturated rings. The van der Waals surface area contributed by atoms with Gasteiger partial charge in [0.05, 0.1) is 17.3 Å². The number of ether oxygens (including phenoxy) is 1. The topological polar surface area (TPSA) is 29.5 Å². The van der Waals surface area contributed by atoms with Crippen molar-refractivity contribution in [1.29, 1.82) is 0 Å². The van der Waals surface area contributed by atoms with E-state index in [2.05, 4.69) is 6.92 Å². The molecule has 2 rings (SSSR count). The van der Waals surface area contributed by atoms with E-state index >= 15 is 0 Å². The van der Waals surface area contributed by atoms with Crippen molar-refractivity contribution in [2.45, 2.75) is 50.4 Å². The first-order valence-corrected chi connectivity index (χ1v) is 3.92. The Morgan fingerprint density at radius 2 is 2.10 bits per heavy atom. The molecule has 2 heterocycles. The van der Waals surface area contributed by atoms with Crippen molar-refractivity contribution in [3.05, 3.63) is 0 Å². The van der Waals surface area contributed by atoms with E-state index in [0.717, 1.165) is 19.3 Å². The van der Waals surface area contributed by atoms with Gasteiger partial charge in [-0.15, -0.1) is 0 Å². The Labute approximate surface area is 61.2 Å². The lowest BCUT2D eigenvalue weighted by Crippen LogP contribution is -2.34. The predicted molar refractivity (Wildman–Crippen MR) is 37.8 cm³/mol. The number of aliphatic hydroxyl groups is 1. The zero-order valence-corrected chi connectivity index (χ0v) is 6.55.